The molecule has 0 unspecified atom stereocenters. The van der Waals surface area contributed by atoms with Gasteiger partial charge in [0.05, 0.1) is 7.11 Å². The summed E-state index contributed by atoms with van der Waals surface area (Å²) in [6.07, 6.45) is 0. The Morgan fingerprint density at radius 2 is 1.70 bits per heavy atom. The molecule has 4 aromatic rings. The van der Waals surface area contributed by atoms with Crippen LogP contribution in [0.15, 0.2) is 84.0 Å². The van der Waals surface area contributed by atoms with Gasteiger partial charge in [-0.3, -0.25) is 4.79 Å². The van der Waals surface area contributed by atoms with Crippen molar-refractivity contribution >= 4 is 17.5 Å². The number of thioether (sulfide) groups is 1. The summed E-state index contributed by atoms with van der Waals surface area (Å²) in [5.41, 5.74) is 3.31. The molecule has 4 rings (SSSR count). The van der Waals surface area contributed by atoms with Gasteiger partial charge in [0, 0.05) is 5.56 Å². The van der Waals surface area contributed by atoms with Crippen LogP contribution in [0, 0.1) is 6.92 Å². The Kier molecular flexibility index (Phi) is 5.90. The third kappa shape index (κ3) is 4.11. The third-order valence-corrected chi connectivity index (χ3v) is 5.81. The van der Waals surface area contributed by atoms with Gasteiger partial charge in [-0.2, -0.15) is 4.68 Å². The lowest BCUT2D eigenvalue weighted by molar-refractivity contribution is 0.0989. The van der Waals surface area contributed by atoms with E-state index in [-0.39, 0.29) is 5.78 Å². The van der Waals surface area contributed by atoms with E-state index >= 15 is 0 Å². The number of nitrogens with zero attached hydrogens (tertiary/aromatic N) is 4. The van der Waals surface area contributed by atoms with Crippen molar-refractivity contribution in [2.24, 2.45) is 0 Å². The molecule has 0 amide bonds. The lowest BCUT2D eigenvalue weighted by atomic mass is 10.0. The van der Waals surface area contributed by atoms with E-state index in [2.05, 4.69) is 15.5 Å². The molecular formula is C23H20N4O2S. The molecule has 0 saturated heterocycles. The Balaban J connectivity index is 1.75. The van der Waals surface area contributed by atoms with Gasteiger partial charge < -0.3 is 4.74 Å². The van der Waals surface area contributed by atoms with Crippen molar-refractivity contribution in [2.45, 2.75) is 17.3 Å². The highest BCUT2D eigenvalue weighted by molar-refractivity contribution is 8.00. The topological polar surface area (TPSA) is 69.9 Å². The van der Waals surface area contributed by atoms with Crippen LogP contribution in [0.5, 0.6) is 5.75 Å². The summed E-state index contributed by atoms with van der Waals surface area (Å²) in [6.45, 7) is 1.99. The third-order valence-electron chi connectivity index (χ3n) is 4.63. The maximum absolute atomic E-state index is 13.4. The number of tetrazole rings is 1. The second-order valence-electron chi connectivity index (χ2n) is 6.69. The molecule has 0 aliphatic carbocycles. The molecule has 1 aromatic heterocycles. The first-order chi connectivity index (χ1) is 14.7. The maximum Gasteiger partial charge on any atom is 0.215 e. The molecule has 1 heterocycles. The van der Waals surface area contributed by atoms with E-state index < -0.39 is 5.25 Å². The van der Waals surface area contributed by atoms with Crippen LogP contribution in [0.4, 0.5) is 0 Å². The number of hydrogen-bond donors (Lipinski definition) is 0. The van der Waals surface area contributed by atoms with Gasteiger partial charge in [-0.15, -0.1) is 5.10 Å². The van der Waals surface area contributed by atoms with Gasteiger partial charge in [0.25, 0.3) is 0 Å². The van der Waals surface area contributed by atoms with Crippen LogP contribution >= 0.6 is 11.8 Å². The number of carbonyl (C=O) groups excluding carboxylic acids is 1. The number of aryl methyl sites for hydroxylation is 1. The van der Waals surface area contributed by atoms with Crippen LogP contribution in [0.1, 0.15) is 26.7 Å². The molecule has 0 fully saturated rings. The van der Waals surface area contributed by atoms with Crippen LogP contribution in [-0.2, 0) is 0 Å². The van der Waals surface area contributed by atoms with Gasteiger partial charge >= 0.3 is 0 Å². The lowest BCUT2D eigenvalue weighted by Gasteiger charge is -2.16. The largest absolute Gasteiger partial charge is 0.494 e. The van der Waals surface area contributed by atoms with E-state index in [1.165, 1.54) is 11.8 Å². The highest BCUT2D eigenvalue weighted by Gasteiger charge is 2.26. The minimum absolute atomic E-state index is 0.00226. The summed E-state index contributed by atoms with van der Waals surface area (Å²) in [5.74, 6) is 0.651. The Labute approximate surface area is 178 Å². The summed E-state index contributed by atoms with van der Waals surface area (Å²) in [7, 11) is 1.61. The summed E-state index contributed by atoms with van der Waals surface area (Å²) in [5, 5.41) is 12.2. The Bertz CT molecular complexity index is 1150. The van der Waals surface area contributed by atoms with Crippen LogP contribution < -0.4 is 4.74 Å². The molecule has 0 radical (unpaired) electrons. The van der Waals surface area contributed by atoms with Crippen LogP contribution in [-0.4, -0.2) is 33.1 Å². The number of Topliss-reactive ketones (excluding diaryl/α,β-unsaturated/α-hetero) is 1. The molecule has 0 bridgehead atoms. The van der Waals surface area contributed by atoms with Gasteiger partial charge in [0.1, 0.15) is 16.7 Å². The first-order valence-corrected chi connectivity index (χ1v) is 10.3. The van der Waals surface area contributed by atoms with Gasteiger partial charge in [0.2, 0.25) is 5.16 Å². The SMILES string of the molecule is COc1ccc(C)cc1-n1nnnc1S[C@H](C(=O)c1ccccc1)c1ccccc1. The van der Waals surface area contributed by atoms with Crippen LogP contribution in [0.3, 0.4) is 0 Å². The van der Waals surface area contributed by atoms with Crippen molar-refractivity contribution in [3.8, 4) is 11.4 Å². The first-order valence-electron chi connectivity index (χ1n) is 9.41. The second kappa shape index (κ2) is 8.92. The number of benzene rings is 3. The minimum atomic E-state index is -0.492. The second-order valence-corrected chi connectivity index (χ2v) is 7.76. The van der Waals surface area contributed by atoms with Crippen LogP contribution in [0.25, 0.3) is 5.69 Å². The van der Waals surface area contributed by atoms with Crippen molar-refractivity contribution in [1.29, 1.82) is 0 Å². The number of aromatic nitrogens is 4. The number of carbonyl (C=O) groups is 1. The number of ether oxygens (including phenoxy) is 1. The normalized spacial score (nSPS) is 11.8. The molecule has 30 heavy (non-hydrogen) atoms. The van der Waals surface area contributed by atoms with Gasteiger partial charge in [-0.25, -0.2) is 0 Å². The fraction of sp³-hybridized carbons (Fsp3) is 0.130. The summed E-state index contributed by atoms with van der Waals surface area (Å²) < 4.78 is 7.11. The maximum atomic E-state index is 13.4. The predicted octanol–water partition coefficient (Wildman–Crippen LogP) is 4.70. The quantitative estimate of drug-likeness (QED) is 0.321. The Hall–Kier alpha value is -3.45. The summed E-state index contributed by atoms with van der Waals surface area (Å²) >= 11 is 1.32. The molecule has 0 saturated carbocycles. The number of methoxy groups -OCH3 is 1. The molecule has 0 N–H and O–H groups in total. The number of rotatable bonds is 7. The first kappa shape index (κ1) is 19.8. The van der Waals surface area contributed by atoms with Crippen molar-refractivity contribution in [3.63, 3.8) is 0 Å². The molecular weight excluding hydrogens is 396 g/mol. The predicted molar refractivity (Wildman–Crippen MR) is 116 cm³/mol. The molecule has 0 aliphatic heterocycles. The average molecular weight is 417 g/mol. The molecule has 1 atom stereocenters. The Morgan fingerprint density at radius 3 is 2.40 bits per heavy atom. The molecule has 3 aromatic carbocycles. The molecule has 150 valence electrons. The summed E-state index contributed by atoms with van der Waals surface area (Å²) in [6, 6.07) is 24.7. The van der Waals surface area contributed by atoms with Crippen molar-refractivity contribution in [1.82, 2.24) is 20.2 Å². The van der Waals surface area contributed by atoms with Crippen LogP contribution in [0.2, 0.25) is 0 Å². The van der Waals surface area contributed by atoms with Gasteiger partial charge in [-0.1, -0.05) is 78.5 Å². The minimum Gasteiger partial charge on any atom is -0.494 e. The zero-order chi connectivity index (χ0) is 20.9. The van der Waals surface area contributed by atoms with E-state index in [9.17, 15) is 4.79 Å². The van der Waals surface area contributed by atoms with Crippen molar-refractivity contribution < 1.29 is 9.53 Å². The van der Waals surface area contributed by atoms with E-state index in [4.69, 9.17) is 4.74 Å². The van der Waals surface area contributed by atoms with Gasteiger partial charge in [-0.05, 0) is 40.6 Å². The fourth-order valence-electron chi connectivity index (χ4n) is 3.13. The molecule has 0 spiro atoms. The van der Waals surface area contributed by atoms with Gasteiger partial charge in [0.15, 0.2) is 5.78 Å². The van der Waals surface area contributed by atoms with E-state index in [0.29, 0.717) is 16.5 Å². The molecule has 7 heteroatoms. The molecule has 6 nitrogen and oxygen atoms in total. The smallest absolute Gasteiger partial charge is 0.215 e. The monoisotopic (exact) mass is 416 g/mol. The van der Waals surface area contributed by atoms with Crippen molar-refractivity contribution in [2.75, 3.05) is 7.11 Å². The highest BCUT2D eigenvalue weighted by atomic mass is 32.2. The standard InChI is InChI=1S/C23H20N4O2S/c1-16-13-14-20(29-2)19(15-16)27-23(24-25-26-27)30-22(18-11-7-4-8-12-18)21(28)17-9-5-3-6-10-17/h3-15,22H,1-2H3/t22-/m0/s1. The lowest BCUT2D eigenvalue weighted by Crippen LogP contribution is -2.11. The van der Waals surface area contributed by atoms with E-state index in [1.807, 2.05) is 85.8 Å². The highest BCUT2D eigenvalue weighted by Crippen LogP contribution is 2.38. The number of ketones is 1. The molecule has 0 aliphatic rings. The van der Waals surface area contributed by atoms with Crippen molar-refractivity contribution in [3.05, 3.63) is 95.6 Å². The fourth-order valence-corrected chi connectivity index (χ4v) is 4.19. The van der Waals surface area contributed by atoms with E-state index in [0.717, 1.165) is 16.8 Å². The summed E-state index contributed by atoms with van der Waals surface area (Å²) in [4.78, 5) is 13.4. The van der Waals surface area contributed by atoms with E-state index in [1.54, 1.807) is 11.8 Å². The number of hydrogen-bond acceptors (Lipinski definition) is 6. The zero-order valence-corrected chi connectivity index (χ0v) is 17.4. The average Bonchev–Trinajstić information content (AvgIpc) is 3.26. The Morgan fingerprint density at radius 1 is 1.00 bits per heavy atom. The zero-order valence-electron chi connectivity index (χ0n) is 16.6.